The van der Waals surface area contributed by atoms with E-state index in [1.807, 2.05) is 33.8 Å². The number of rotatable bonds is 1. The van der Waals surface area contributed by atoms with Crippen LogP contribution in [-0.2, 0) is 30.8 Å². The Hall–Kier alpha value is -1.74. The third-order valence-corrected chi connectivity index (χ3v) is 12.0. The number of para-hydroxylation sites is 1. The van der Waals surface area contributed by atoms with E-state index in [9.17, 15) is 10.2 Å². The van der Waals surface area contributed by atoms with Gasteiger partial charge in [-0.1, -0.05) is 37.6 Å². The SMILES string of the molecule is CC(C)=CC1OC2C(OC3CCC4(C)C5(C)c6[nH]c7ccccc7c6CC5CC(O)C4(O)C34OC24)C(C)(C)O1. The molecule has 39 heavy (non-hydrogen) atoms. The third kappa shape index (κ3) is 2.67. The third-order valence-electron chi connectivity index (χ3n) is 12.0. The first-order valence-electron chi connectivity index (χ1n) is 14.7. The average molecular weight is 536 g/mol. The molecule has 0 amide bonds. The lowest BCUT2D eigenvalue weighted by Crippen LogP contribution is -2.81. The van der Waals surface area contributed by atoms with E-state index in [4.69, 9.17) is 18.9 Å². The van der Waals surface area contributed by atoms with E-state index in [0.717, 1.165) is 30.4 Å². The Balaban J connectivity index is 1.25. The number of hydrogen-bond donors (Lipinski definition) is 3. The number of aromatic amines is 1. The summed E-state index contributed by atoms with van der Waals surface area (Å²) in [6.07, 6.45) is 2.00. The average Bonchev–Trinajstić information content (AvgIpc) is 3.45. The molecule has 6 aliphatic rings. The summed E-state index contributed by atoms with van der Waals surface area (Å²) in [5, 5.41) is 26.3. The molecule has 11 unspecified atom stereocenters. The van der Waals surface area contributed by atoms with Crippen molar-refractivity contribution < 1.29 is 29.2 Å². The molecule has 0 bridgehead atoms. The monoisotopic (exact) mass is 535 g/mol. The van der Waals surface area contributed by atoms with Gasteiger partial charge in [0, 0.05) is 27.4 Å². The Morgan fingerprint density at radius 1 is 1.05 bits per heavy atom. The van der Waals surface area contributed by atoms with Crippen LogP contribution >= 0.6 is 0 Å². The molecule has 5 fully saturated rings. The smallest absolute Gasteiger partial charge is 0.178 e. The van der Waals surface area contributed by atoms with Gasteiger partial charge in [-0.25, -0.2) is 0 Å². The fourth-order valence-corrected chi connectivity index (χ4v) is 10.0. The van der Waals surface area contributed by atoms with Crippen molar-refractivity contribution in [2.75, 3.05) is 0 Å². The minimum absolute atomic E-state index is 0.228. The van der Waals surface area contributed by atoms with Crippen LogP contribution in [0, 0.1) is 11.3 Å². The first-order chi connectivity index (χ1) is 18.4. The van der Waals surface area contributed by atoms with E-state index >= 15 is 0 Å². The summed E-state index contributed by atoms with van der Waals surface area (Å²) in [6, 6.07) is 8.48. The molecule has 0 radical (unpaired) electrons. The topological polar surface area (TPSA) is 96.5 Å². The van der Waals surface area contributed by atoms with Crippen LogP contribution in [0.1, 0.15) is 72.1 Å². The number of allylic oxidation sites excluding steroid dienone is 1. The van der Waals surface area contributed by atoms with Crippen LogP contribution in [0.4, 0.5) is 0 Å². The lowest BCUT2D eigenvalue weighted by molar-refractivity contribution is -0.351. The number of fused-ring (bicyclic) bond motifs is 9. The Morgan fingerprint density at radius 2 is 1.82 bits per heavy atom. The number of nitrogens with one attached hydrogen (secondary N) is 1. The fourth-order valence-electron chi connectivity index (χ4n) is 10.0. The van der Waals surface area contributed by atoms with Crippen LogP contribution in [0.2, 0.25) is 0 Å². The second-order valence-electron chi connectivity index (χ2n) is 14.3. The van der Waals surface area contributed by atoms with Gasteiger partial charge in [0.15, 0.2) is 11.9 Å². The highest BCUT2D eigenvalue weighted by molar-refractivity contribution is 5.86. The maximum atomic E-state index is 13.1. The van der Waals surface area contributed by atoms with Crippen molar-refractivity contribution in [3.05, 3.63) is 47.2 Å². The molecule has 4 heterocycles. The highest BCUT2D eigenvalue weighted by Gasteiger charge is 2.89. The van der Waals surface area contributed by atoms with Crippen molar-refractivity contribution >= 4 is 10.9 Å². The number of aromatic nitrogens is 1. The molecule has 3 aliphatic heterocycles. The predicted octanol–water partition coefficient (Wildman–Crippen LogP) is 4.29. The molecule has 210 valence electrons. The van der Waals surface area contributed by atoms with Gasteiger partial charge in [-0.05, 0) is 77.0 Å². The molecule has 11 atom stereocenters. The highest BCUT2D eigenvalue weighted by atomic mass is 16.8. The van der Waals surface area contributed by atoms with Crippen molar-refractivity contribution in [2.45, 2.75) is 126 Å². The molecule has 1 aromatic heterocycles. The molecule has 8 rings (SSSR count). The number of hydrogen-bond acceptors (Lipinski definition) is 6. The molecule has 1 spiro atoms. The van der Waals surface area contributed by atoms with Gasteiger partial charge in [-0.15, -0.1) is 0 Å². The summed E-state index contributed by atoms with van der Waals surface area (Å²) in [5.41, 5.74) is 0.688. The zero-order valence-corrected chi connectivity index (χ0v) is 23.8. The highest BCUT2D eigenvalue weighted by Crippen LogP contribution is 2.75. The minimum atomic E-state index is -1.50. The van der Waals surface area contributed by atoms with Crippen molar-refractivity contribution in [3.63, 3.8) is 0 Å². The molecule has 3 N–H and O–H groups in total. The zero-order chi connectivity index (χ0) is 27.3. The van der Waals surface area contributed by atoms with Crippen LogP contribution < -0.4 is 0 Å². The van der Waals surface area contributed by atoms with Crippen molar-refractivity contribution in [1.82, 2.24) is 4.98 Å². The number of aliphatic hydroxyl groups excluding tert-OH is 1. The first kappa shape index (κ1) is 25.0. The van der Waals surface area contributed by atoms with Gasteiger partial charge in [0.1, 0.15) is 23.9 Å². The Bertz CT molecular complexity index is 1410. The van der Waals surface area contributed by atoms with Crippen LogP contribution in [0.15, 0.2) is 35.9 Å². The second-order valence-corrected chi connectivity index (χ2v) is 14.3. The van der Waals surface area contributed by atoms with Gasteiger partial charge in [-0.3, -0.25) is 0 Å². The Kier molecular flexibility index (Phi) is 4.72. The Morgan fingerprint density at radius 3 is 2.59 bits per heavy atom. The standard InChI is InChI=1S/C32H41NO6/c1-16(2)13-23-37-24-26(28(3,4)38-23)36-22-11-12-29(5)30(6)17(15-21(34)32(29,35)31(22)27(24)39-31)14-19-18-9-7-8-10-20(18)33-25(19)30/h7-10,13,17,21-24,26-27,33-35H,11-12,14-15H2,1-6H3. The number of benzene rings is 1. The predicted molar refractivity (Wildman–Crippen MR) is 145 cm³/mol. The van der Waals surface area contributed by atoms with Crippen molar-refractivity contribution in [1.29, 1.82) is 0 Å². The van der Waals surface area contributed by atoms with E-state index < -0.39 is 40.7 Å². The molecule has 3 saturated heterocycles. The molecule has 1 aromatic carbocycles. The quantitative estimate of drug-likeness (QED) is 0.373. The zero-order valence-electron chi connectivity index (χ0n) is 23.8. The first-order valence-corrected chi connectivity index (χ1v) is 14.7. The van der Waals surface area contributed by atoms with Crippen molar-refractivity contribution in [2.24, 2.45) is 11.3 Å². The minimum Gasteiger partial charge on any atom is -0.390 e. The summed E-state index contributed by atoms with van der Waals surface area (Å²) in [4.78, 5) is 3.77. The van der Waals surface area contributed by atoms with Gasteiger partial charge in [0.2, 0.25) is 0 Å². The van der Waals surface area contributed by atoms with Crippen LogP contribution in [-0.4, -0.2) is 68.8 Å². The normalized spacial score (nSPS) is 50.6. The lowest BCUT2D eigenvalue weighted by atomic mass is 9.40. The van der Waals surface area contributed by atoms with Gasteiger partial charge >= 0.3 is 0 Å². The molecule has 7 heteroatoms. The lowest BCUT2D eigenvalue weighted by Gasteiger charge is -2.68. The van der Waals surface area contributed by atoms with E-state index in [0.29, 0.717) is 6.42 Å². The van der Waals surface area contributed by atoms with E-state index in [1.54, 1.807) is 0 Å². The largest absolute Gasteiger partial charge is 0.390 e. The summed E-state index contributed by atoms with van der Waals surface area (Å²) >= 11 is 0. The number of ether oxygens (including phenoxy) is 4. The van der Waals surface area contributed by atoms with Gasteiger partial charge in [0.25, 0.3) is 0 Å². The molecule has 7 nitrogen and oxygen atoms in total. The number of H-pyrrole nitrogens is 1. The number of aliphatic hydroxyl groups is 2. The van der Waals surface area contributed by atoms with Crippen molar-refractivity contribution in [3.8, 4) is 0 Å². The van der Waals surface area contributed by atoms with Gasteiger partial charge in [-0.2, -0.15) is 0 Å². The molecular weight excluding hydrogens is 494 g/mol. The maximum absolute atomic E-state index is 13.1. The summed E-state index contributed by atoms with van der Waals surface area (Å²) in [6.45, 7) is 12.7. The number of epoxide rings is 1. The van der Waals surface area contributed by atoms with Gasteiger partial charge < -0.3 is 34.1 Å². The van der Waals surface area contributed by atoms with Crippen LogP contribution in [0.5, 0.6) is 0 Å². The van der Waals surface area contributed by atoms with E-state index in [1.165, 1.54) is 16.6 Å². The summed E-state index contributed by atoms with van der Waals surface area (Å²) in [7, 11) is 0. The maximum Gasteiger partial charge on any atom is 0.178 e. The fraction of sp³-hybridized carbons (Fsp3) is 0.688. The molecular formula is C32H41NO6. The molecule has 2 aromatic rings. The summed E-state index contributed by atoms with van der Waals surface area (Å²) in [5.74, 6) is 0.228. The van der Waals surface area contributed by atoms with Gasteiger partial charge in [0.05, 0.1) is 17.8 Å². The molecule has 3 aliphatic carbocycles. The second kappa shape index (κ2) is 7.36. The van der Waals surface area contributed by atoms with Crippen LogP contribution in [0.25, 0.3) is 10.9 Å². The van der Waals surface area contributed by atoms with Crippen LogP contribution in [0.3, 0.4) is 0 Å². The van der Waals surface area contributed by atoms with E-state index in [-0.39, 0.29) is 29.6 Å². The molecule has 2 saturated carbocycles. The Labute approximate surface area is 229 Å². The summed E-state index contributed by atoms with van der Waals surface area (Å²) < 4.78 is 26.3. The van der Waals surface area contributed by atoms with E-state index in [2.05, 4.69) is 43.1 Å².